The van der Waals surface area contributed by atoms with Crippen LogP contribution in [0.5, 0.6) is 0 Å². The first kappa shape index (κ1) is 15.2. The monoisotopic (exact) mass is 346 g/mol. The third-order valence-electron chi connectivity index (χ3n) is 5.15. The van der Waals surface area contributed by atoms with Crippen LogP contribution in [0.1, 0.15) is 23.2 Å². The largest absolute Gasteiger partial charge is 0.422 e. The molecule has 2 heterocycles. The Labute approximate surface area is 150 Å². The third-order valence-corrected chi connectivity index (χ3v) is 5.15. The predicted octanol–water partition coefficient (Wildman–Crippen LogP) is 3.42. The van der Waals surface area contributed by atoms with Crippen molar-refractivity contribution < 1.29 is 9.21 Å². The van der Waals surface area contributed by atoms with Gasteiger partial charge in [0.25, 0.3) is 5.91 Å². The van der Waals surface area contributed by atoms with Crippen molar-refractivity contribution in [2.45, 2.75) is 18.9 Å². The molecule has 1 aromatic heterocycles. The lowest BCUT2D eigenvalue weighted by molar-refractivity contribution is 0.0983. The van der Waals surface area contributed by atoms with E-state index < -0.39 is 5.63 Å². The van der Waals surface area contributed by atoms with Crippen molar-refractivity contribution in [1.82, 2.24) is 0 Å². The van der Waals surface area contributed by atoms with Crippen LogP contribution in [0.25, 0.3) is 11.0 Å². The predicted molar refractivity (Wildman–Crippen MR) is 101 cm³/mol. The van der Waals surface area contributed by atoms with Gasteiger partial charge in [0.05, 0.1) is 11.4 Å². The van der Waals surface area contributed by atoms with Crippen LogP contribution < -0.4 is 15.4 Å². The molecule has 1 amide bonds. The fourth-order valence-electron chi connectivity index (χ4n) is 3.72. The molecule has 1 fully saturated rings. The maximum absolute atomic E-state index is 13.2. The third kappa shape index (κ3) is 2.39. The molecule has 0 atom stereocenters. The molecule has 26 heavy (non-hydrogen) atoms. The second kappa shape index (κ2) is 5.73. The second-order valence-electron chi connectivity index (χ2n) is 6.86. The van der Waals surface area contributed by atoms with Crippen molar-refractivity contribution in [3.63, 3.8) is 0 Å². The number of hydrogen-bond donors (Lipinski definition) is 0. The standard InChI is InChI=1S/C21H18N2O3/c24-20(16-13-14-5-1-4-8-19(14)26-21(16)25)23-12-11-22(15-9-10-15)17-6-2-3-7-18(17)23/h1-8,13,15H,9-12H2. The molecular weight excluding hydrogens is 328 g/mol. The second-order valence-corrected chi connectivity index (χ2v) is 6.86. The van der Waals surface area contributed by atoms with Gasteiger partial charge in [0.1, 0.15) is 11.1 Å². The molecule has 5 heteroatoms. The Balaban J connectivity index is 1.57. The van der Waals surface area contributed by atoms with Gasteiger partial charge in [0, 0.05) is 24.5 Å². The SMILES string of the molecule is O=C(c1cc2ccccc2oc1=O)N1CCN(C2CC2)c2ccccc21. The first-order valence-electron chi connectivity index (χ1n) is 8.93. The zero-order chi connectivity index (χ0) is 17.7. The Kier molecular flexibility index (Phi) is 3.35. The Bertz CT molecular complexity index is 1070. The lowest BCUT2D eigenvalue weighted by atomic mass is 10.1. The van der Waals surface area contributed by atoms with Crippen LogP contribution in [0.2, 0.25) is 0 Å². The average molecular weight is 346 g/mol. The van der Waals surface area contributed by atoms with E-state index in [4.69, 9.17) is 4.42 Å². The van der Waals surface area contributed by atoms with Crippen molar-refractivity contribution in [2.75, 3.05) is 22.9 Å². The number of para-hydroxylation sites is 3. The number of amides is 1. The van der Waals surface area contributed by atoms with E-state index in [9.17, 15) is 9.59 Å². The Hall–Kier alpha value is -3.08. The summed E-state index contributed by atoms with van der Waals surface area (Å²) in [6.45, 7) is 1.35. The van der Waals surface area contributed by atoms with Gasteiger partial charge in [-0.25, -0.2) is 4.79 Å². The van der Waals surface area contributed by atoms with Gasteiger partial charge in [0.15, 0.2) is 0 Å². The molecule has 0 spiro atoms. The van der Waals surface area contributed by atoms with Crippen LogP contribution in [0.4, 0.5) is 11.4 Å². The smallest absolute Gasteiger partial charge is 0.349 e. The highest BCUT2D eigenvalue weighted by Crippen LogP contribution is 2.40. The summed E-state index contributed by atoms with van der Waals surface area (Å²) < 4.78 is 5.35. The van der Waals surface area contributed by atoms with Gasteiger partial charge in [-0.3, -0.25) is 4.79 Å². The Morgan fingerprint density at radius 1 is 0.962 bits per heavy atom. The van der Waals surface area contributed by atoms with E-state index >= 15 is 0 Å². The summed E-state index contributed by atoms with van der Waals surface area (Å²) in [7, 11) is 0. The fourth-order valence-corrected chi connectivity index (χ4v) is 3.72. The average Bonchev–Trinajstić information content (AvgIpc) is 3.51. The molecule has 5 rings (SSSR count). The van der Waals surface area contributed by atoms with E-state index in [0.717, 1.165) is 23.3 Å². The molecule has 0 saturated heterocycles. The van der Waals surface area contributed by atoms with Gasteiger partial charge in [-0.15, -0.1) is 0 Å². The van der Waals surface area contributed by atoms with E-state index in [1.54, 1.807) is 23.1 Å². The molecule has 0 bridgehead atoms. The van der Waals surface area contributed by atoms with Gasteiger partial charge >= 0.3 is 5.63 Å². The summed E-state index contributed by atoms with van der Waals surface area (Å²) in [4.78, 5) is 29.6. The van der Waals surface area contributed by atoms with Crippen molar-refractivity contribution in [3.05, 3.63) is 70.6 Å². The first-order chi connectivity index (χ1) is 12.7. The number of fused-ring (bicyclic) bond motifs is 2. The van der Waals surface area contributed by atoms with Gasteiger partial charge in [0.2, 0.25) is 0 Å². The maximum atomic E-state index is 13.2. The number of rotatable bonds is 2. The quantitative estimate of drug-likeness (QED) is 0.667. The first-order valence-corrected chi connectivity index (χ1v) is 8.93. The molecule has 2 aromatic carbocycles. The van der Waals surface area contributed by atoms with Crippen molar-refractivity contribution >= 4 is 28.3 Å². The lowest BCUT2D eigenvalue weighted by Gasteiger charge is -2.37. The van der Waals surface area contributed by atoms with E-state index in [2.05, 4.69) is 11.0 Å². The van der Waals surface area contributed by atoms with Crippen LogP contribution in [0.15, 0.2) is 63.8 Å². The summed E-state index contributed by atoms with van der Waals surface area (Å²) >= 11 is 0. The van der Waals surface area contributed by atoms with Gasteiger partial charge < -0.3 is 14.2 Å². The van der Waals surface area contributed by atoms with Gasteiger partial charge in [-0.05, 0) is 37.1 Å². The highest BCUT2D eigenvalue weighted by molar-refractivity contribution is 6.09. The maximum Gasteiger partial charge on any atom is 0.349 e. The Morgan fingerprint density at radius 2 is 1.69 bits per heavy atom. The number of carbonyl (C=O) groups is 1. The number of anilines is 2. The minimum atomic E-state index is -0.587. The molecule has 2 aliphatic rings. The zero-order valence-electron chi connectivity index (χ0n) is 14.2. The summed E-state index contributed by atoms with van der Waals surface area (Å²) in [5.74, 6) is -0.299. The van der Waals surface area contributed by atoms with Crippen LogP contribution in [0.3, 0.4) is 0 Å². The van der Waals surface area contributed by atoms with Crippen LogP contribution in [-0.2, 0) is 0 Å². The molecule has 1 saturated carbocycles. The number of carbonyl (C=O) groups excluding carboxylic acids is 1. The minimum Gasteiger partial charge on any atom is -0.422 e. The normalized spacial score (nSPS) is 16.6. The van der Waals surface area contributed by atoms with Crippen molar-refractivity contribution in [2.24, 2.45) is 0 Å². The van der Waals surface area contributed by atoms with Crippen LogP contribution in [-0.4, -0.2) is 25.0 Å². The highest BCUT2D eigenvalue weighted by atomic mass is 16.4. The minimum absolute atomic E-state index is 0.0818. The fraction of sp³-hybridized carbons (Fsp3) is 0.238. The molecular formula is C21H18N2O3. The highest BCUT2D eigenvalue weighted by Gasteiger charge is 2.36. The summed E-state index contributed by atoms with van der Waals surface area (Å²) in [5.41, 5.74) is 1.92. The lowest BCUT2D eigenvalue weighted by Crippen LogP contribution is -2.45. The van der Waals surface area contributed by atoms with Crippen molar-refractivity contribution in [1.29, 1.82) is 0 Å². The molecule has 0 unspecified atom stereocenters. The molecule has 0 radical (unpaired) electrons. The van der Waals surface area contributed by atoms with E-state index in [-0.39, 0.29) is 11.5 Å². The van der Waals surface area contributed by atoms with E-state index in [1.807, 2.05) is 30.3 Å². The number of nitrogens with zero attached hydrogens (tertiary/aromatic N) is 2. The molecule has 1 aliphatic heterocycles. The van der Waals surface area contributed by atoms with Gasteiger partial charge in [-0.2, -0.15) is 0 Å². The Morgan fingerprint density at radius 3 is 2.50 bits per heavy atom. The molecule has 130 valence electrons. The number of hydrogen-bond acceptors (Lipinski definition) is 4. The van der Waals surface area contributed by atoms with Crippen LogP contribution >= 0.6 is 0 Å². The molecule has 5 nitrogen and oxygen atoms in total. The molecule has 3 aromatic rings. The molecule has 1 aliphatic carbocycles. The summed E-state index contributed by atoms with van der Waals surface area (Å²) in [5, 5.41) is 0.750. The zero-order valence-corrected chi connectivity index (χ0v) is 14.2. The van der Waals surface area contributed by atoms with Crippen molar-refractivity contribution in [3.8, 4) is 0 Å². The summed E-state index contributed by atoms with van der Waals surface area (Å²) in [6, 6.07) is 17.4. The van der Waals surface area contributed by atoms with E-state index in [0.29, 0.717) is 18.2 Å². The van der Waals surface area contributed by atoms with Crippen LogP contribution in [0, 0.1) is 0 Å². The van der Waals surface area contributed by atoms with E-state index in [1.165, 1.54) is 12.8 Å². The number of benzene rings is 2. The van der Waals surface area contributed by atoms with Gasteiger partial charge in [-0.1, -0.05) is 30.3 Å². The topological polar surface area (TPSA) is 53.8 Å². The summed E-state index contributed by atoms with van der Waals surface area (Å²) in [6.07, 6.45) is 2.41. The molecule has 0 N–H and O–H groups in total.